The molecule has 1 aromatic rings. The molecule has 1 atom stereocenters. The van der Waals surface area contributed by atoms with Crippen LogP contribution in [0.2, 0.25) is 0 Å². The first-order valence-corrected chi connectivity index (χ1v) is 6.81. The maximum Gasteiger partial charge on any atom is 0.265 e. The van der Waals surface area contributed by atoms with E-state index in [4.69, 9.17) is 4.74 Å². The molecule has 5 heteroatoms. The lowest BCUT2D eigenvalue weighted by Crippen LogP contribution is -2.32. The predicted octanol–water partition coefficient (Wildman–Crippen LogP) is 3.10. The van der Waals surface area contributed by atoms with Gasteiger partial charge in [0.2, 0.25) is 0 Å². The Balaban J connectivity index is 3.52. The predicted molar refractivity (Wildman–Crippen MR) is 75.9 cm³/mol. The van der Waals surface area contributed by atoms with Crippen LogP contribution in [-0.4, -0.2) is 17.1 Å². The van der Waals surface area contributed by atoms with Crippen LogP contribution >= 0.6 is 15.9 Å². The number of halogens is 1. The van der Waals surface area contributed by atoms with E-state index in [0.29, 0.717) is 10.3 Å². The second kappa shape index (κ2) is 5.13. The highest BCUT2D eigenvalue weighted by Gasteiger charge is 2.30. The molecular weight excluding hydrogens is 296 g/mol. The number of H-pyrrole nitrogens is 1. The molecule has 0 radical (unpaired) electrons. The van der Waals surface area contributed by atoms with Crippen LogP contribution in [0.4, 0.5) is 0 Å². The van der Waals surface area contributed by atoms with Crippen LogP contribution in [0.3, 0.4) is 0 Å². The van der Waals surface area contributed by atoms with E-state index in [0.717, 1.165) is 12.1 Å². The molecule has 0 amide bonds. The Hall–Kier alpha value is -0.680. The minimum absolute atomic E-state index is 0.165. The van der Waals surface area contributed by atoms with Gasteiger partial charge in [0.25, 0.3) is 5.56 Å². The van der Waals surface area contributed by atoms with Gasteiger partial charge in [-0.1, -0.05) is 27.7 Å². The number of aromatic amines is 1. The molecule has 1 N–H and O–H groups in total. The van der Waals surface area contributed by atoms with Gasteiger partial charge in [-0.15, -0.1) is 0 Å². The summed E-state index contributed by atoms with van der Waals surface area (Å²) in [4.78, 5) is 19.4. The molecule has 1 aromatic heterocycles. The van der Waals surface area contributed by atoms with Crippen molar-refractivity contribution in [1.82, 2.24) is 9.97 Å². The van der Waals surface area contributed by atoms with Gasteiger partial charge in [0.05, 0.1) is 5.69 Å². The van der Waals surface area contributed by atoms with Crippen molar-refractivity contribution in [2.75, 3.05) is 7.11 Å². The van der Waals surface area contributed by atoms with Crippen LogP contribution in [-0.2, 0) is 15.8 Å². The van der Waals surface area contributed by atoms with Gasteiger partial charge in [-0.05, 0) is 29.3 Å². The fraction of sp³-hybridized carbons (Fsp3) is 0.692. The first-order valence-electron chi connectivity index (χ1n) is 6.01. The van der Waals surface area contributed by atoms with E-state index in [-0.39, 0.29) is 11.0 Å². The number of hydrogen-bond acceptors (Lipinski definition) is 3. The van der Waals surface area contributed by atoms with Crippen molar-refractivity contribution < 1.29 is 4.74 Å². The van der Waals surface area contributed by atoms with Crippen molar-refractivity contribution in [3.05, 3.63) is 26.3 Å². The summed E-state index contributed by atoms with van der Waals surface area (Å²) < 4.78 is 5.98. The first kappa shape index (κ1) is 15.4. The molecule has 0 aliphatic heterocycles. The smallest absolute Gasteiger partial charge is 0.265 e. The standard InChI is InChI=1S/C13H21BrN2O2/c1-7-13(5,18-6)11-15-9(12(2,3)4)8(14)10(17)16-11/h7H2,1-6H3,(H,15,16,17). The number of nitrogens with one attached hydrogen (secondary N) is 1. The zero-order valence-electron chi connectivity index (χ0n) is 11.8. The Labute approximate surface area is 116 Å². The monoisotopic (exact) mass is 316 g/mol. The number of hydrogen-bond donors (Lipinski definition) is 1. The molecule has 4 nitrogen and oxygen atoms in total. The highest BCUT2D eigenvalue weighted by Crippen LogP contribution is 2.29. The van der Waals surface area contributed by atoms with Crippen molar-refractivity contribution >= 4 is 15.9 Å². The summed E-state index contributed by atoms with van der Waals surface area (Å²) in [6.07, 6.45) is 0.734. The lowest BCUT2D eigenvalue weighted by molar-refractivity contribution is -0.00953. The molecule has 1 unspecified atom stereocenters. The molecule has 1 rings (SSSR count). The third-order valence-corrected chi connectivity index (χ3v) is 3.94. The van der Waals surface area contributed by atoms with Crippen molar-refractivity contribution in [1.29, 1.82) is 0 Å². The second-order valence-electron chi connectivity index (χ2n) is 5.62. The maximum absolute atomic E-state index is 12.0. The summed E-state index contributed by atoms with van der Waals surface area (Å²) in [6.45, 7) is 10.0. The molecule has 1 heterocycles. The molecule has 0 fully saturated rings. The molecule has 0 aliphatic rings. The van der Waals surface area contributed by atoms with E-state index in [1.165, 1.54) is 0 Å². The summed E-state index contributed by atoms with van der Waals surface area (Å²) in [6, 6.07) is 0. The molecular formula is C13H21BrN2O2. The quantitative estimate of drug-likeness (QED) is 0.932. The fourth-order valence-electron chi connectivity index (χ4n) is 1.61. The number of nitrogens with zero attached hydrogens (tertiary/aromatic N) is 1. The van der Waals surface area contributed by atoms with E-state index in [1.54, 1.807) is 7.11 Å². The maximum atomic E-state index is 12.0. The summed E-state index contributed by atoms with van der Waals surface area (Å²) in [5.74, 6) is 0.575. The van der Waals surface area contributed by atoms with Crippen molar-refractivity contribution in [3.8, 4) is 0 Å². The van der Waals surface area contributed by atoms with Gasteiger partial charge in [-0.25, -0.2) is 4.98 Å². The SMILES string of the molecule is CCC(C)(OC)c1nc(C(C)(C)C)c(Br)c(=O)[nH]1. The van der Waals surface area contributed by atoms with Crippen LogP contribution in [0.25, 0.3) is 0 Å². The lowest BCUT2D eigenvalue weighted by Gasteiger charge is -2.28. The normalized spacial score (nSPS) is 15.5. The van der Waals surface area contributed by atoms with E-state index in [9.17, 15) is 4.79 Å². The number of methoxy groups -OCH3 is 1. The van der Waals surface area contributed by atoms with E-state index >= 15 is 0 Å². The summed E-state index contributed by atoms with van der Waals surface area (Å²) >= 11 is 3.31. The molecule has 0 spiro atoms. The van der Waals surface area contributed by atoms with Gasteiger partial charge < -0.3 is 9.72 Å². The van der Waals surface area contributed by atoms with Crippen molar-refractivity contribution in [3.63, 3.8) is 0 Å². The lowest BCUT2D eigenvalue weighted by atomic mass is 9.91. The van der Waals surface area contributed by atoms with Gasteiger partial charge in [-0.3, -0.25) is 4.79 Å². The number of aromatic nitrogens is 2. The van der Waals surface area contributed by atoms with E-state index in [1.807, 2.05) is 34.6 Å². The largest absolute Gasteiger partial charge is 0.371 e. The molecule has 0 bridgehead atoms. The Morgan fingerprint density at radius 3 is 2.28 bits per heavy atom. The molecule has 0 aromatic carbocycles. The summed E-state index contributed by atoms with van der Waals surface area (Å²) in [5, 5.41) is 0. The highest BCUT2D eigenvalue weighted by atomic mass is 79.9. The summed E-state index contributed by atoms with van der Waals surface area (Å²) in [7, 11) is 1.63. The summed E-state index contributed by atoms with van der Waals surface area (Å²) in [5.41, 5.74) is -0.191. The Bertz CT molecular complexity index is 485. The average Bonchev–Trinajstić information content (AvgIpc) is 2.29. The van der Waals surface area contributed by atoms with Crippen molar-refractivity contribution in [2.45, 2.75) is 52.1 Å². The van der Waals surface area contributed by atoms with E-state index in [2.05, 4.69) is 25.9 Å². The van der Waals surface area contributed by atoms with Gasteiger partial charge in [-0.2, -0.15) is 0 Å². The van der Waals surface area contributed by atoms with Crippen molar-refractivity contribution in [2.24, 2.45) is 0 Å². The Morgan fingerprint density at radius 2 is 1.89 bits per heavy atom. The minimum Gasteiger partial charge on any atom is -0.371 e. The van der Waals surface area contributed by atoms with Crippen LogP contribution in [0.1, 0.15) is 52.6 Å². The topological polar surface area (TPSA) is 55.0 Å². The molecule has 0 aliphatic carbocycles. The number of ether oxygens (including phenoxy) is 1. The van der Waals surface area contributed by atoms with Crippen LogP contribution in [0, 0.1) is 0 Å². The van der Waals surface area contributed by atoms with Gasteiger partial charge in [0, 0.05) is 12.5 Å². The van der Waals surface area contributed by atoms with Crippen LogP contribution < -0.4 is 5.56 Å². The van der Waals surface area contributed by atoms with E-state index < -0.39 is 5.60 Å². The third-order valence-electron chi connectivity index (χ3n) is 3.20. The first-order chi connectivity index (χ1) is 8.15. The third kappa shape index (κ3) is 2.83. The molecule has 102 valence electrons. The molecule has 0 saturated carbocycles. The Kier molecular flexibility index (Phi) is 4.38. The zero-order valence-corrected chi connectivity index (χ0v) is 13.4. The molecule has 18 heavy (non-hydrogen) atoms. The van der Waals surface area contributed by atoms with Crippen LogP contribution in [0.15, 0.2) is 9.27 Å². The van der Waals surface area contributed by atoms with Gasteiger partial charge in [0.1, 0.15) is 15.9 Å². The number of rotatable bonds is 3. The average molecular weight is 317 g/mol. The van der Waals surface area contributed by atoms with Crippen LogP contribution in [0.5, 0.6) is 0 Å². The Morgan fingerprint density at radius 1 is 1.33 bits per heavy atom. The zero-order chi connectivity index (χ0) is 14.1. The minimum atomic E-state index is -0.570. The molecule has 0 saturated heterocycles. The fourth-order valence-corrected chi connectivity index (χ4v) is 2.40. The second-order valence-corrected chi connectivity index (χ2v) is 6.41. The van der Waals surface area contributed by atoms with Gasteiger partial charge >= 0.3 is 0 Å². The highest BCUT2D eigenvalue weighted by molar-refractivity contribution is 9.10. The van der Waals surface area contributed by atoms with Gasteiger partial charge in [0.15, 0.2) is 0 Å².